The van der Waals surface area contributed by atoms with Gasteiger partial charge in [-0.3, -0.25) is 4.79 Å². The topological polar surface area (TPSA) is 38.3 Å². The number of benzene rings is 3. The van der Waals surface area contributed by atoms with Gasteiger partial charge in [0.25, 0.3) is 5.91 Å². The fraction of sp³-hybridized carbons (Fsp3) is 0.240. The number of nitrogens with one attached hydrogen (secondary N) is 1. The Bertz CT molecular complexity index is 1010. The number of ether oxygens (including phenoxy) is 1. The smallest absolute Gasteiger partial charge is 0.251 e. The number of halogens is 3. The molecule has 162 valence electrons. The van der Waals surface area contributed by atoms with Crippen LogP contribution in [0.1, 0.15) is 47.8 Å². The number of para-hydroxylation sites is 1. The predicted molar refractivity (Wildman–Crippen MR) is 113 cm³/mol. The van der Waals surface area contributed by atoms with Crippen LogP contribution in [0.3, 0.4) is 0 Å². The largest absolute Gasteiger partial charge is 0.489 e. The van der Waals surface area contributed by atoms with Crippen molar-refractivity contribution in [3.63, 3.8) is 0 Å². The molecule has 3 rings (SSSR count). The number of rotatable bonds is 8. The third-order valence-electron chi connectivity index (χ3n) is 4.74. The van der Waals surface area contributed by atoms with Gasteiger partial charge < -0.3 is 10.1 Å². The van der Waals surface area contributed by atoms with Crippen molar-refractivity contribution in [1.82, 2.24) is 5.32 Å². The summed E-state index contributed by atoms with van der Waals surface area (Å²) in [7, 11) is 0. The number of amides is 1. The average Bonchev–Trinajstić information content (AvgIpc) is 2.72. The van der Waals surface area contributed by atoms with E-state index in [1.165, 1.54) is 0 Å². The second-order valence-electron chi connectivity index (χ2n) is 7.74. The fourth-order valence-electron chi connectivity index (χ4n) is 3.33. The molecule has 3 aromatic carbocycles. The zero-order chi connectivity index (χ0) is 22.4. The van der Waals surface area contributed by atoms with Gasteiger partial charge in [-0.25, -0.2) is 13.2 Å². The Hall–Kier alpha value is -3.28. The standard InChI is InChI=1S/C25H24F3NO2/c1-16(2)11-23(24-21(27)13-19(26)14-22(24)28)29-25(30)18-8-6-7-17(12-18)15-31-20-9-4-3-5-10-20/h3-10,12-14,16,23H,11,15H2,1-2H3,(H,29,30). The van der Waals surface area contributed by atoms with Gasteiger partial charge in [0.2, 0.25) is 0 Å². The highest BCUT2D eigenvalue weighted by molar-refractivity contribution is 5.94. The van der Waals surface area contributed by atoms with E-state index in [4.69, 9.17) is 4.74 Å². The Balaban J connectivity index is 1.77. The molecule has 0 fully saturated rings. The number of hydrogen-bond donors (Lipinski definition) is 1. The third-order valence-corrected chi connectivity index (χ3v) is 4.74. The first kappa shape index (κ1) is 22.4. The van der Waals surface area contributed by atoms with Gasteiger partial charge in [-0.1, -0.05) is 44.2 Å². The Morgan fingerprint density at radius 3 is 2.26 bits per heavy atom. The molecule has 1 atom stereocenters. The molecule has 0 aliphatic heterocycles. The highest BCUT2D eigenvalue weighted by Gasteiger charge is 2.24. The van der Waals surface area contributed by atoms with Crippen molar-refractivity contribution in [3.05, 3.63) is 101 Å². The first-order chi connectivity index (χ1) is 14.8. The van der Waals surface area contributed by atoms with Gasteiger partial charge in [-0.05, 0) is 42.2 Å². The van der Waals surface area contributed by atoms with E-state index in [1.807, 2.05) is 50.2 Å². The van der Waals surface area contributed by atoms with Crippen LogP contribution in [0.4, 0.5) is 13.2 Å². The molecule has 1 amide bonds. The van der Waals surface area contributed by atoms with Crippen LogP contribution in [0.2, 0.25) is 0 Å². The second-order valence-corrected chi connectivity index (χ2v) is 7.74. The van der Waals surface area contributed by atoms with E-state index in [1.54, 1.807) is 18.2 Å². The fourth-order valence-corrected chi connectivity index (χ4v) is 3.33. The molecule has 6 heteroatoms. The van der Waals surface area contributed by atoms with Crippen LogP contribution < -0.4 is 10.1 Å². The Kier molecular flexibility index (Phi) is 7.34. The summed E-state index contributed by atoms with van der Waals surface area (Å²) >= 11 is 0. The van der Waals surface area contributed by atoms with Crippen molar-refractivity contribution in [3.8, 4) is 5.75 Å². The lowest BCUT2D eigenvalue weighted by atomic mass is 9.95. The maximum Gasteiger partial charge on any atom is 0.251 e. The molecule has 31 heavy (non-hydrogen) atoms. The molecule has 3 aromatic rings. The highest BCUT2D eigenvalue weighted by Crippen LogP contribution is 2.28. The molecule has 0 aromatic heterocycles. The van der Waals surface area contributed by atoms with Crippen LogP contribution in [0.25, 0.3) is 0 Å². The maximum absolute atomic E-state index is 14.3. The molecule has 0 spiro atoms. The molecule has 0 bridgehead atoms. The van der Waals surface area contributed by atoms with Gasteiger partial charge in [-0.15, -0.1) is 0 Å². The molecular formula is C25H24F3NO2. The summed E-state index contributed by atoms with van der Waals surface area (Å²) in [4.78, 5) is 12.9. The highest BCUT2D eigenvalue weighted by atomic mass is 19.1. The summed E-state index contributed by atoms with van der Waals surface area (Å²) in [6.07, 6.45) is 0.294. The van der Waals surface area contributed by atoms with Gasteiger partial charge >= 0.3 is 0 Å². The van der Waals surface area contributed by atoms with Gasteiger partial charge in [0.1, 0.15) is 29.8 Å². The maximum atomic E-state index is 14.3. The first-order valence-corrected chi connectivity index (χ1v) is 10.1. The molecule has 0 saturated carbocycles. The van der Waals surface area contributed by atoms with E-state index < -0.39 is 29.4 Å². The number of carbonyl (C=O) groups is 1. The van der Waals surface area contributed by atoms with E-state index in [2.05, 4.69) is 5.32 Å². The van der Waals surface area contributed by atoms with E-state index in [9.17, 15) is 18.0 Å². The normalized spacial score (nSPS) is 11.9. The minimum atomic E-state index is -1.02. The second kappa shape index (κ2) is 10.2. The Morgan fingerprint density at radius 2 is 1.61 bits per heavy atom. The minimum Gasteiger partial charge on any atom is -0.489 e. The van der Waals surface area contributed by atoms with Crippen molar-refractivity contribution >= 4 is 5.91 Å². The van der Waals surface area contributed by atoms with Gasteiger partial charge in [0.15, 0.2) is 0 Å². The van der Waals surface area contributed by atoms with E-state index in [0.29, 0.717) is 29.9 Å². The molecule has 3 nitrogen and oxygen atoms in total. The summed E-state index contributed by atoms with van der Waals surface area (Å²) in [5.41, 5.74) is 0.772. The monoisotopic (exact) mass is 427 g/mol. The van der Waals surface area contributed by atoms with E-state index >= 15 is 0 Å². The van der Waals surface area contributed by atoms with Crippen LogP contribution in [-0.2, 0) is 6.61 Å². The lowest BCUT2D eigenvalue weighted by Gasteiger charge is -2.22. The van der Waals surface area contributed by atoms with Crippen molar-refractivity contribution in [2.45, 2.75) is 32.9 Å². The molecule has 1 unspecified atom stereocenters. The van der Waals surface area contributed by atoms with Gasteiger partial charge in [0.05, 0.1) is 6.04 Å². The summed E-state index contributed by atoms with van der Waals surface area (Å²) in [6, 6.07) is 16.4. The van der Waals surface area contributed by atoms with Crippen molar-refractivity contribution in [1.29, 1.82) is 0 Å². The zero-order valence-corrected chi connectivity index (χ0v) is 17.4. The molecular weight excluding hydrogens is 403 g/mol. The van der Waals surface area contributed by atoms with Crippen LogP contribution >= 0.6 is 0 Å². The van der Waals surface area contributed by atoms with E-state index in [0.717, 1.165) is 5.56 Å². The van der Waals surface area contributed by atoms with Crippen molar-refractivity contribution < 1.29 is 22.7 Å². The molecule has 0 aliphatic rings. The van der Waals surface area contributed by atoms with Gasteiger partial charge in [0, 0.05) is 23.3 Å². The molecule has 1 N–H and O–H groups in total. The van der Waals surface area contributed by atoms with Crippen molar-refractivity contribution in [2.75, 3.05) is 0 Å². The molecule has 0 aliphatic carbocycles. The molecule has 0 saturated heterocycles. The summed E-state index contributed by atoms with van der Waals surface area (Å²) < 4.78 is 47.7. The Labute approximate surface area is 179 Å². The summed E-state index contributed by atoms with van der Waals surface area (Å²) in [6.45, 7) is 4.02. The summed E-state index contributed by atoms with van der Waals surface area (Å²) in [5.74, 6) is -2.77. The van der Waals surface area contributed by atoms with Crippen LogP contribution in [0.5, 0.6) is 5.75 Å². The zero-order valence-electron chi connectivity index (χ0n) is 17.4. The Morgan fingerprint density at radius 1 is 0.935 bits per heavy atom. The first-order valence-electron chi connectivity index (χ1n) is 10.1. The average molecular weight is 427 g/mol. The predicted octanol–water partition coefficient (Wildman–Crippen LogP) is 6.20. The van der Waals surface area contributed by atoms with Gasteiger partial charge in [-0.2, -0.15) is 0 Å². The SMILES string of the molecule is CC(C)CC(NC(=O)c1cccc(COc2ccccc2)c1)c1c(F)cc(F)cc1F. The van der Waals surface area contributed by atoms with E-state index in [-0.39, 0.29) is 18.1 Å². The van der Waals surface area contributed by atoms with Crippen LogP contribution in [0.15, 0.2) is 66.7 Å². The summed E-state index contributed by atoms with van der Waals surface area (Å²) in [5, 5.41) is 2.70. The third kappa shape index (κ3) is 6.10. The van der Waals surface area contributed by atoms with Crippen LogP contribution in [-0.4, -0.2) is 5.91 Å². The number of carbonyl (C=O) groups excluding carboxylic acids is 1. The molecule has 0 heterocycles. The molecule has 0 radical (unpaired) electrons. The number of hydrogen-bond acceptors (Lipinski definition) is 2. The van der Waals surface area contributed by atoms with Crippen LogP contribution in [0, 0.1) is 23.4 Å². The lowest BCUT2D eigenvalue weighted by molar-refractivity contribution is 0.0930. The quantitative estimate of drug-likeness (QED) is 0.465. The van der Waals surface area contributed by atoms with Crippen molar-refractivity contribution in [2.24, 2.45) is 5.92 Å². The minimum absolute atomic E-state index is 0.0414. The lowest BCUT2D eigenvalue weighted by Crippen LogP contribution is -2.31.